The Morgan fingerprint density at radius 2 is 0.813 bits per heavy atom. The molecule has 9 heteroatoms. The maximum absolute atomic E-state index is 13.0. The van der Waals surface area contributed by atoms with Crippen LogP contribution in [0.3, 0.4) is 0 Å². The molecule has 2 N–H and O–H groups in total. The molecule has 0 aliphatic carbocycles. The number of nitrogens with zero attached hydrogens (tertiary/aromatic N) is 1. The summed E-state index contributed by atoms with van der Waals surface area (Å²) in [7, 11) is 1.21. The van der Waals surface area contributed by atoms with Crippen LogP contribution < -0.4 is 10.2 Å². The quantitative estimate of drug-likeness (QED) is 0.0272. The van der Waals surface area contributed by atoms with Crippen molar-refractivity contribution in [3.63, 3.8) is 0 Å². The lowest BCUT2D eigenvalue weighted by atomic mass is 10.0. The summed E-state index contributed by atoms with van der Waals surface area (Å²) >= 11 is 0. The topological polar surface area (TPSA) is 108 Å². The van der Waals surface area contributed by atoms with Gasteiger partial charge in [-0.05, 0) is 96.3 Å². The van der Waals surface area contributed by atoms with Gasteiger partial charge in [-0.25, -0.2) is 0 Å². The van der Waals surface area contributed by atoms with Gasteiger partial charge >= 0.3 is 0 Å². The van der Waals surface area contributed by atoms with Crippen LogP contribution in [0.15, 0.2) is 134 Å². The molecule has 3 unspecified atom stereocenters. The predicted octanol–water partition coefficient (Wildman–Crippen LogP) is 18.1. The molecule has 0 aromatic rings. The van der Waals surface area contributed by atoms with Crippen LogP contribution in [0.25, 0.3) is 0 Å². The summed E-state index contributed by atoms with van der Waals surface area (Å²) < 4.78 is 23.3. The number of aliphatic hydroxyl groups is 1. The first-order valence-electron chi connectivity index (χ1n) is 30.0. The maximum Gasteiger partial charge on any atom is 0.268 e. The van der Waals surface area contributed by atoms with Gasteiger partial charge in [0.15, 0.2) is 0 Å². The van der Waals surface area contributed by atoms with Crippen LogP contribution in [-0.2, 0) is 18.4 Å². The van der Waals surface area contributed by atoms with Crippen molar-refractivity contribution in [2.75, 3.05) is 40.9 Å². The monoisotopic (exact) mass is 1060 g/mol. The van der Waals surface area contributed by atoms with Crippen molar-refractivity contribution in [3.05, 3.63) is 134 Å². The van der Waals surface area contributed by atoms with Crippen LogP contribution in [0, 0.1) is 0 Å². The molecule has 8 nitrogen and oxygen atoms in total. The molecule has 0 radical (unpaired) electrons. The molecule has 0 spiro atoms. The number of nitrogens with one attached hydrogen (secondary N) is 1. The van der Waals surface area contributed by atoms with Gasteiger partial charge in [-0.15, -0.1) is 0 Å². The highest BCUT2D eigenvalue weighted by Gasteiger charge is 2.23. The number of amides is 1. The number of carbonyl (C=O) groups is 1. The molecule has 1 amide bonds. The first kappa shape index (κ1) is 71.6. The zero-order valence-corrected chi connectivity index (χ0v) is 49.6. The van der Waals surface area contributed by atoms with Gasteiger partial charge in [0, 0.05) is 6.42 Å². The highest BCUT2D eigenvalue weighted by atomic mass is 31.2. The SMILES string of the molecule is CC/C=C\C/C=C\C/C=C\C/C=C\C/C=C\C/C=C\C/C=C\C/C=C\C/C=C\C/C=C\CCCCC(=O)NC(COP(=O)([O-])OCC[N+](C)(C)C)C(O)/C=C/CCCCCCCCCCCCCCCCCCCC. The lowest BCUT2D eigenvalue weighted by Crippen LogP contribution is -2.45. The molecular formula is C66H113N2O6P. The summed E-state index contributed by atoms with van der Waals surface area (Å²) in [6, 6.07) is -0.921. The molecule has 0 aliphatic heterocycles. The van der Waals surface area contributed by atoms with E-state index < -0.39 is 26.6 Å². The van der Waals surface area contributed by atoms with Crippen molar-refractivity contribution in [2.45, 2.75) is 238 Å². The Morgan fingerprint density at radius 1 is 0.480 bits per heavy atom. The van der Waals surface area contributed by atoms with Crippen molar-refractivity contribution in [3.8, 4) is 0 Å². The molecule has 0 rings (SSSR count). The number of hydrogen-bond acceptors (Lipinski definition) is 6. The van der Waals surface area contributed by atoms with E-state index in [2.05, 4.69) is 141 Å². The van der Waals surface area contributed by atoms with E-state index in [1.807, 2.05) is 27.2 Å². The molecule has 0 aliphatic rings. The van der Waals surface area contributed by atoms with Crippen LogP contribution in [0.5, 0.6) is 0 Å². The minimum absolute atomic E-state index is 0.0169. The lowest BCUT2D eigenvalue weighted by Gasteiger charge is -2.29. The third-order valence-corrected chi connectivity index (χ3v) is 13.6. The molecular weight excluding hydrogens is 948 g/mol. The van der Waals surface area contributed by atoms with E-state index >= 15 is 0 Å². The number of phosphoric ester groups is 1. The number of allylic oxidation sites excluding steroid dienone is 21. The molecule has 3 atom stereocenters. The Balaban J connectivity index is 4.34. The van der Waals surface area contributed by atoms with E-state index in [1.165, 1.54) is 103 Å². The van der Waals surface area contributed by atoms with E-state index in [-0.39, 0.29) is 18.9 Å². The zero-order chi connectivity index (χ0) is 54.9. The van der Waals surface area contributed by atoms with Crippen LogP contribution in [0.1, 0.15) is 226 Å². The van der Waals surface area contributed by atoms with E-state index in [0.29, 0.717) is 17.4 Å². The van der Waals surface area contributed by atoms with Gasteiger partial charge in [0.05, 0.1) is 39.9 Å². The number of quaternary nitrogens is 1. The maximum atomic E-state index is 13.0. The fourth-order valence-electron chi connectivity index (χ4n) is 7.94. The van der Waals surface area contributed by atoms with E-state index in [9.17, 15) is 19.4 Å². The summed E-state index contributed by atoms with van der Waals surface area (Å²) in [4.78, 5) is 25.5. The Kier molecular flexibility index (Phi) is 52.9. The summed E-state index contributed by atoms with van der Waals surface area (Å²) in [5, 5.41) is 13.9. The minimum Gasteiger partial charge on any atom is -0.756 e. The number of carbonyl (C=O) groups excluding carboxylic acids is 1. The highest BCUT2D eigenvalue weighted by molar-refractivity contribution is 7.45. The third kappa shape index (κ3) is 58.2. The first-order chi connectivity index (χ1) is 36.5. The summed E-state index contributed by atoms with van der Waals surface area (Å²) in [5.74, 6) is -0.244. The van der Waals surface area contributed by atoms with Crippen molar-refractivity contribution in [1.82, 2.24) is 5.32 Å². The van der Waals surface area contributed by atoms with Crippen molar-refractivity contribution < 1.29 is 32.9 Å². The molecule has 0 bridgehead atoms. The van der Waals surface area contributed by atoms with Gasteiger partial charge in [-0.2, -0.15) is 0 Å². The van der Waals surface area contributed by atoms with Crippen LogP contribution in [0.2, 0.25) is 0 Å². The van der Waals surface area contributed by atoms with Crippen molar-refractivity contribution in [2.24, 2.45) is 0 Å². The van der Waals surface area contributed by atoms with Crippen LogP contribution >= 0.6 is 7.82 Å². The van der Waals surface area contributed by atoms with E-state index in [0.717, 1.165) is 96.3 Å². The molecule has 0 fully saturated rings. The zero-order valence-electron chi connectivity index (χ0n) is 48.7. The number of unbranched alkanes of at least 4 members (excludes halogenated alkanes) is 20. The third-order valence-electron chi connectivity index (χ3n) is 12.6. The Hall–Kier alpha value is -3.36. The highest BCUT2D eigenvalue weighted by Crippen LogP contribution is 2.38. The number of rotatable bonds is 53. The largest absolute Gasteiger partial charge is 0.756 e. The molecule has 75 heavy (non-hydrogen) atoms. The Bertz CT molecular complexity index is 1680. The second kappa shape index (κ2) is 55.4. The minimum atomic E-state index is -4.62. The fourth-order valence-corrected chi connectivity index (χ4v) is 8.67. The fraction of sp³-hybridized carbons (Fsp3) is 0.652. The van der Waals surface area contributed by atoms with Crippen LogP contribution in [0.4, 0.5) is 0 Å². The van der Waals surface area contributed by atoms with Gasteiger partial charge in [0.25, 0.3) is 7.82 Å². The first-order valence-corrected chi connectivity index (χ1v) is 31.5. The van der Waals surface area contributed by atoms with Gasteiger partial charge in [-0.1, -0.05) is 257 Å². The van der Waals surface area contributed by atoms with Gasteiger partial charge in [0.1, 0.15) is 13.2 Å². The predicted molar refractivity (Wildman–Crippen MR) is 325 cm³/mol. The Morgan fingerprint density at radius 3 is 1.19 bits per heavy atom. The van der Waals surface area contributed by atoms with Gasteiger partial charge < -0.3 is 28.8 Å². The van der Waals surface area contributed by atoms with E-state index in [4.69, 9.17) is 9.05 Å². The average Bonchev–Trinajstić information content (AvgIpc) is 3.37. The molecule has 0 heterocycles. The number of phosphoric acid groups is 1. The molecule has 428 valence electrons. The molecule has 0 saturated carbocycles. The molecule has 0 aromatic heterocycles. The normalized spacial score (nSPS) is 14.8. The number of likely N-dealkylation sites (N-methyl/N-ethyl adjacent to an activating group) is 1. The second-order valence-corrected chi connectivity index (χ2v) is 22.4. The second-order valence-electron chi connectivity index (χ2n) is 21.0. The van der Waals surface area contributed by atoms with Gasteiger partial charge in [0.2, 0.25) is 5.91 Å². The summed E-state index contributed by atoms with van der Waals surface area (Å²) in [5.41, 5.74) is 0. The van der Waals surface area contributed by atoms with E-state index in [1.54, 1.807) is 6.08 Å². The van der Waals surface area contributed by atoms with Crippen molar-refractivity contribution >= 4 is 13.7 Å². The standard InChI is InChI=1S/C66H113N2O6P/c1-6-8-10-12-14-16-18-20-22-24-26-28-29-30-31-32-33-34-35-36-37-38-39-40-42-44-46-48-50-52-54-56-58-60-66(70)67-64(63-74-75(71,72)73-62-61-68(3,4)5)65(69)59-57-55-53-51-49-47-45-43-41-27-25-23-21-19-17-15-13-11-9-7-2/h8,10,14,16,20,22,26,28,30-31,33-34,36-37,39-40,44,46,50,52,57,59,64-65,69H,6-7,9,11-13,15,17-19,21,23-25,27,29,32,35,38,41-43,45,47-49,51,53-56,58,60-63H2,1-5H3,(H-,67,70,71,72)/b10-8-,16-14-,22-20-,28-26-,31-30-,34-33-,37-36-,40-39-,46-44-,52-50-,59-57+. The Labute approximate surface area is 462 Å². The van der Waals surface area contributed by atoms with Crippen molar-refractivity contribution in [1.29, 1.82) is 0 Å². The van der Waals surface area contributed by atoms with Crippen LogP contribution in [-0.4, -0.2) is 68.5 Å². The summed E-state index contributed by atoms with van der Waals surface area (Å²) in [6.45, 7) is 4.50. The molecule has 0 aromatic carbocycles. The molecule has 0 saturated heterocycles. The number of aliphatic hydroxyl groups excluding tert-OH is 1. The lowest BCUT2D eigenvalue weighted by molar-refractivity contribution is -0.870. The average molecular weight is 1060 g/mol. The number of hydrogen-bond donors (Lipinski definition) is 2. The smallest absolute Gasteiger partial charge is 0.268 e. The van der Waals surface area contributed by atoms with Gasteiger partial charge in [-0.3, -0.25) is 9.36 Å². The summed E-state index contributed by atoms with van der Waals surface area (Å²) in [6.07, 6.45) is 83.9.